The molecule has 0 saturated carbocycles. The van der Waals surface area contributed by atoms with E-state index in [9.17, 15) is 10.5 Å². The van der Waals surface area contributed by atoms with Gasteiger partial charge in [-0.2, -0.15) is 10.5 Å². The van der Waals surface area contributed by atoms with Gasteiger partial charge in [0.25, 0.3) is 0 Å². The minimum absolute atomic E-state index is 0.591. The van der Waals surface area contributed by atoms with Crippen molar-refractivity contribution in [3.8, 4) is 29.0 Å². The fourth-order valence-electron chi connectivity index (χ4n) is 6.54. The minimum Gasteiger partial charge on any atom is -0.456 e. The van der Waals surface area contributed by atoms with Gasteiger partial charge in [-0.3, -0.25) is 0 Å². The van der Waals surface area contributed by atoms with E-state index < -0.39 is 0 Å². The van der Waals surface area contributed by atoms with Crippen molar-refractivity contribution in [3.63, 3.8) is 0 Å². The SMILES string of the molecule is N#Cc1ccc(-c2ccc3oc4ccc5c6cc(C#N)ccc6oc5c4c3c2)c(-n2c3ccccc3c3ccccc32)c1. The molecule has 0 amide bonds. The molecule has 0 radical (unpaired) electrons. The lowest BCUT2D eigenvalue weighted by Crippen LogP contribution is -1.98. The predicted molar refractivity (Wildman–Crippen MR) is 170 cm³/mol. The molecule has 0 bridgehead atoms. The Balaban J connectivity index is 1.35. The summed E-state index contributed by atoms with van der Waals surface area (Å²) in [6, 6.07) is 42.9. The second-order valence-electron chi connectivity index (χ2n) is 10.8. The third kappa shape index (κ3) is 3.25. The summed E-state index contributed by atoms with van der Waals surface area (Å²) in [4.78, 5) is 0. The summed E-state index contributed by atoms with van der Waals surface area (Å²) in [6.45, 7) is 0. The molecule has 5 nitrogen and oxygen atoms in total. The van der Waals surface area contributed by atoms with Crippen LogP contribution in [0.5, 0.6) is 0 Å². The van der Waals surface area contributed by atoms with Gasteiger partial charge in [-0.1, -0.05) is 48.5 Å². The second-order valence-corrected chi connectivity index (χ2v) is 10.8. The number of rotatable bonds is 2. The van der Waals surface area contributed by atoms with E-state index in [0.717, 1.165) is 82.5 Å². The number of fused-ring (bicyclic) bond motifs is 10. The maximum Gasteiger partial charge on any atom is 0.147 e. The van der Waals surface area contributed by atoms with Crippen molar-refractivity contribution in [1.82, 2.24) is 4.57 Å². The number of aromatic nitrogens is 1. The van der Waals surface area contributed by atoms with E-state index in [1.807, 2.05) is 60.7 Å². The first-order chi connectivity index (χ1) is 21.2. The number of hydrogen-bond acceptors (Lipinski definition) is 4. The van der Waals surface area contributed by atoms with Crippen LogP contribution in [0, 0.1) is 22.7 Å². The highest BCUT2D eigenvalue weighted by atomic mass is 16.3. The highest BCUT2D eigenvalue weighted by molar-refractivity contribution is 6.22. The Morgan fingerprint density at radius 1 is 0.512 bits per heavy atom. The Bertz CT molecular complexity index is 2650. The average Bonchev–Trinajstić information content (AvgIpc) is 3.73. The summed E-state index contributed by atoms with van der Waals surface area (Å²) in [6.07, 6.45) is 0. The molecule has 0 aliphatic heterocycles. The van der Waals surface area contributed by atoms with Gasteiger partial charge in [0.15, 0.2) is 0 Å². The Hall–Kier alpha value is -6.30. The van der Waals surface area contributed by atoms with Gasteiger partial charge in [-0.15, -0.1) is 0 Å². The van der Waals surface area contributed by atoms with Crippen molar-refractivity contribution in [2.45, 2.75) is 0 Å². The molecule has 0 aliphatic rings. The van der Waals surface area contributed by atoms with E-state index in [2.05, 4.69) is 65.2 Å². The summed E-state index contributed by atoms with van der Waals surface area (Å²) < 4.78 is 14.9. The van der Waals surface area contributed by atoms with E-state index in [1.165, 1.54) is 0 Å². The van der Waals surface area contributed by atoms with Crippen LogP contribution in [0.1, 0.15) is 11.1 Å². The molecule has 0 saturated heterocycles. The summed E-state index contributed by atoms with van der Waals surface area (Å²) in [5, 5.41) is 25.3. The molecule has 3 heterocycles. The van der Waals surface area contributed by atoms with Gasteiger partial charge in [0.05, 0.1) is 45.4 Å². The van der Waals surface area contributed by atoms with Crippen LogP contribution in [-0.2, 0) is 0 Å². The fraction of sp³-hybridized carbons (Fsp3) is 0. The lowest BCUT2D eigenvalue weighted by atomic mass is 9.98. The molecule has 0 fully saturated rings. The normalized spacial score (nSPS) is 11.7. The molecule has 0 N–H and O–H groups in total. The smallest absolute Gasteiger partial charge is 0.147 e. The largest absolute Gasteiger partial charge is 0.456 e. The molecule has 43 heavy (non-hydrogen) atoms. The molecular formula is C38H19N3O2. The van der Waals surface area contributed by atoms with Crippen LogP contribution in [0.3, 0.4) is 0 Å². The third-order valence-electron chi connectivity index (χ3n) is 8.46. The van der Waals surface area contributed by atoms with Crippen molar-refractivity contribution < 1.29 is 8.83 Å². The molecule has 198 valence electrons. The highest BCUT2D eigenvalue weighted by Crippen LogP contribution is 2.42. The van der Waals surface area contributed by atoms with E-state index in [1.54, 1.807) is 6.07 Å². The number of nitriles is 2. The zero-order chi connectivity index (χ0) is 28.7. The first-order valence-corrected chi connectivity index (χ1v) is 14.0. The Labute approximate surface area is 244 Å². The van der Waals surface area contributed by atoms with Gasteiger partial charge in [-0.05, 0) is 72.3 Å². The molecule has 0 unspecified atom stereocenters. The monoisotopic (exact) mass is 549 g/mol. The summed E-state index contributed by atoms with van der Waals surface area (Å²) in [5.74, 6) is 0. The number of furan rings is 2. The summed E-state index contributed by atoms with van der Waals surface area (Å²) >= 11 is 0. The molecule has 6 aromatic carbocycles. The molecule has 0 atom stereocenters. The maximum absolute atomic E-state index is 9.87. The van der Waals surface area contributed by atoms with Gasteiger partial charge in [-0.25, -0.2) is 0 Å². The molecular weight excluding hydrogens is 530 g/mol. The zero-order valence-corrected chi connectivity index (χ0v) is 22.6. The fourth-order valence-corrected chi connectivity index (χ4v) is 6.54. The number of nitrogens with zero attached hydrogens (tertiary/aromatic N) is 3. The lowest BCUT2D eigenvalue weighted by molar-refractivity contribution is 0.663. The van der Waals surface area contributed by atoms with Crippen LogP contribution in [-0.4, -0.2) is 4.57 Å². The Morgan fingerprint density at radius 2 is 1.16 bits per heavy atom. The predicted octanol–water partition coefficient (Wildman–Crippen LogP) is 9.99. The van der Waals surface area contributed by atoms with Gasteiger partial charge in [0, 0.05) is 32.5 Å². The quantitative estimate of drug-likeness (QED) is 0.215. The second kappa shape index (κ2) is 8.60. The lowest BCUT2D eigenvalue weighted by Gasteiger charge is -2.15. The molecule has 0 spiro atoms. The molecule has 5 heteroatoms. The van der Waals surface area contributed by atoms with Crippen LogP contribution < -0.4 is 0 Å². The van der Waals surface area contributed by atoms with Crippen molar-refractivity contribution in [2.75, 3.05) is 0 Å². The van der Waals surface area contributed by atoms with Crippen LogP contribution >= 0.6 is 0 Å². The van der Waals surface area contributed by atoms with Crippen molar-refractivity contribution in [2.24, 2.45) is 0 Å². The van der Waals surface area contributed by atoms with Crippen molar-refractivity contribution in [1.29, 1.82) is 10.5 Å². The van der Waals surface area contributed by atoms with Crippen LogP contribution in [0.25, 0.3) is 82.5 Å². The molecule has 9 rings (SSSR count). The summed E-state index contributed by atoms with van der Waals surface area (Å²) in [5.41, 5.74) is 9.23. The highest BCUT2D eigenvalue weighted by Gasteiger charge is 2.20. The Kier molecular flexibility index (Phi) is 4.68. The van der Waals surface area contributed by atoms with Gasteiger partial charge >= 0.3 is 0 Å². The number of hydrogen-bond donors (Lipinski definition) is 0. The number of para-hydroxylation sites is 2. The molecule has 0 aliphatic carbocycles. The van der Waals surface area contributed by atoms with E-state index >= 15 is 0 Å². The van der Waals surface area contributed by atoms with Gasteiger partial charge in [0.2, 0.25) is 0 Å². The van der Waals surface area contributed by atoms with Crippen molar-refractivity contribution in [3.05, 3.63) is 126 Å². The van der Waals surface area contributed by atoms with Gasteiger partial charge < -0.3 is 13.4 Å². The zero-order valence-electron chi connectivity index (χ0n) is 22.6. The van der Waals surface area contributed by atoms with E-state index in [-0.39, 0.29) is 0 Å². The molecule has 3 aromatic heterocycles. The van der Waals surface area contributed by atoms with Crippen LogP contribution in [0.4, 0.5) is 0 Å². The van der Waals surface area contributed by atoms with E-state index in [0.29, 0.717) is 11.1 Å². The summed E-state index contributed by atoms with van der Waals surface area (Å²) in [7, 11) is 0. The number of benzene rings is 6. The first kappa shape index (κ1) is 23.4. The van der Waals surface area contributed by atoms with Crippen LogP contribution in [0.15, 0.2) is 124 Å². The van der Waals surface area contributed by atoms with E-state index in [4.69, 9.17) is 8.83 Å². The maximum atomic E-state index is 9.87. The minimum atomic E-state index is 0.591. The molecule has 9 aromatic rings. The standard InChI is InChI=1S/C38H19N3O2/c39-20-22-10-14-34-29(17-22)28-13-16-36-37(38(28)43-34)30-19-24(11-15-35(30)42-36)25-12-9-23(21-40)18-33(25)41-31-7-3-1-5-26(31)27-6-2-4-8-32(27)41/h1-19H. The first-order valence-electron chi connectivity index (χ1n) is 14.0. The topological polar surface area (TPSA) is 78.8 Å². The third-order valence-corrected chi connectivity index (χ3v) is 8.46. The Morgan fingerprint density at radius 3 is 1.93 bits per heavy atom. The van der Waals surface area contributed by atoms with Crippen LogP contribution in [0.2, 0.25) is 0 Å². The average molecular weight is 550 g/mol. The van der Waals surface area contributed by atoms with Crippen molar-refractivity contribution >= 4 is 65.7 Å². The van der Waals surface area contributed by atoms with Gasteiger partial charge in [0.1, 0.15) is 22.3 Å².